The van der Waals surface area contributed by atoms with Crippen LogP contribution in [0.25, 0.3) is 0 Å². The summed E-state index contributed by atoms with van der Waals surface area (Å²) in [5.74, 6) is 0.116. The number of nitrogens with zero attached hydrogens (tertiary/aromatic N) is 3. The van der Waals surface area contributed by atoms with Gasteiger partial charge in [0, 0.05) is 19.5 Å². The summed E-state index contributed by atoms with van der Waals surface area (Å²) in [7, 11) is 4.06. The zero-order valence-electron chi connectivity index (χ0n) is 11.5. The highest BCUT2D eigenvalue weighted by atomic mass is 32.1. The number of carbonyl (C=O) groups excluding carboxylic acids is 1. The van der Waals surface area contributed by atoms with E-state index in [-0.39, 0.29) is 11.8 Å². The first-order chi connectivity index (χ1) is 9.15. The third-order valence-electron chi connectivity index (χ3n) is 3.14. The highest BCUT2D eigenvalue weighted by Gasteiger charge is 2.21. The van der Waals surface area contributed by atoms with Gasteiger partial charge in [0.05, 0.1) is 5.92 Å². The number of rotatable bonds is 5. The molecule has 2 rings (SSSR count). The van der Waals surface area contributed by atoms with Crippen molar-refractivity contribution in [3.63, 3.8) is 0 Å². The van der Waals surface area contributed by atoms with Crippen LogP contribution in [0.15, 0.2) is 0 Å². The van der Waals surface area contributed by atoms with E-state index in [1.807, 2.05) is 14.1 Å². The van der Waals surface area contributed by atoms with E-state index in [1.165, 1.54) is 11.3 Å². The van der Waals surface area contributed by atoms with Gasteiger partial charge in [-0.2, -0.15) is 0 Å². The lowest BCUT2D eigenvalue weighted by Gasteiger charge is -2.21. The first-order valence-corrected chi connectivity index (χ1v) is 7.45. The molecule has 1 aromatic rings. The van der Waals surface area contributed by atoms with Crippen LogP contribution in [-0.2, 0) is 11.2 Å². The van der Waals surface area contributed by atoms with Gasteiger partial charge in [-0.1, -0.05) is 11.3 Å². The minimum atomic E-state index is 0.0579. The molecule has 2 N–H and O–H groups in total. The summed E-state index contributed by atoms with van der Waals surface area (Å²) >= 11 is 1.47. The predicted molar refractivity (Wildman–Crippen MR) is 76.4 cm³/mol. The highest BCUT2D eigenvalue weighted by molar-refractivity contribution is 7.15. The van der Waals surface area contributed by atoms with Crippen LogP contribution in [0.5, 0.6) is 0 Å². The van der Waals surface area contributed by atoms with E-state index < -0.39 is 0 Å². The molecule has 0 unspecified atom stereocenters. The molecule has 19 heavy (non-hydrogen) atoms. The van der Waals surface area contributed by atoms with E-state index in [9.17, 15) is 4.79 Å². The standard InChI is InChI=1S/C12H21N5OS/c1-17(2)7-5-10-15-16-12(19-10)14-11(18)9-4-3-6-13-8-9/h9,13H,3-8H2,1-2H3,(H,14,16,18)/t9-/m1/s1. The van der Waals surface area contributed by atoms with E-state index in [0.29, 0.717) is 5.13 Å². The molecule has 1 aromatic heterocycles. The molecule has 0 aliphatic carbocycles. The van der Waals surface area contributed by atoms with Gasteiger partial charge in [0.25, 0.3) is 0 Å². The molecular weight excluding hydrogens is 262 g/mol. The zero-order chi connectivity index (χ0) is 13.7. The molecule has 1 atom stereocenters. The highest BCUT2D eigenvalue weighted by Crippen LogP contribution is 2.18. The summed E-state index contributed by atoms with van der Waals surface area (Å²) in [5, 5.41) is 15.8. The molecule has 1 fully saturated rings. The summed E-state index contributed by atoms with van der Waals surface area (Å²) < 4.78 is 0. The van der Waals surface area contributed by atoms with Gasteiger partial charge in [0.1, 0.15) is 5.01 Å². The largest absolute Gasteiger partial charge is 0.316 e. The van der Waals surface area contributed by atoms with Crippen LogP contribution >= 0.6 is 11.3 Å². The average Bonchev–Trinajstić information content (AvgIpc) is 2.85. The van der Waals surface area contributed by atoms with Crippen molar-refractivity contribution in [2.75, 3.05) is 39.0 Å². The van der Waals surface area contributed by atoms with Crippen molar-refractivity contribution in [1.82, 2.24) is 20.4 Å². The Morgan fingerprint density at radius 3 is 3.05 bits per heavy atom. The fraction of sp³-hybridized carbons (Fsp3) is 0.750. The Labute approximate surface area is 117 Å². The lowest BCUT2D eigenvalue weighted by molar-refractivity contribution is -0.120. The third-order valence-corrected chi connectivity index (χ3v) is 4.04. The molecule has 0 radical (unpaired) electrons. The molecule has 1 saturated heterocycles. The van der Waals surface area contributed by atoms with Crippen molar-refractivity contribution in [3.8, 4) is 0 Å². The summed E-state index contributed by atoms with van der Waals surface area (Å²) in [6.07, 6.45) is 2.87. The van der Waals surface area contributed by atoms with Gasteiger partial charge in [-0.25, -0.2) is 0 Å². The normalized spacial score (nSPS) is 19.6. The molecule has 0 bridgehead atoms. The molecule has 0 aromatic carbocycles. The minimum Gasteiger partial charge on any atom is -0.316 e. The molecular formula is C12H21N5OS. The number of aromatic nitrogens is 2. The summed E-state index contributed by atoms with van der Waals surface area (Å²) in [4.78, 5) is 14.1. The van der Waals surface area contributed by atoms with Crippen LogP contribution in [0.3, 0.4) is 0 Å². The SMILES string of the molecule is CN(C)CCc1nnc(NC(=O)[C@@H]2CCCNC2)s1. The van der Waals surface area contributed by atoms with Gasteiger partial charge >= 0.3 is 0 Å². The number of piperidine rings is 1. The Bertz CT molecular complexity index is 414. The van der Waals surface area contributed by atoms with Crippen LogP contribution in [0.2, 0.25) is 0 Å². The molecule has 2 heterocycles. The van der Waals surface area contributed by atoms with Gasteiger partial charge in [0.15, 0.2) is 0 Å². The second-order valence-corrected chi connectivity index (χ2v) is 6.15. The quantitative estimate of drug-likeness (QED) is 0.827. The van der Waals surface area contributed by atoms with E-state index in [0.717, 1.165) is 43.9 Å². The average molecular weight is 283 g/mol. The topological polar surface area (TPSA) is 70.2 Å². The fourth-order valence-corrected chi connectivity index (χ4v) is 2.74. The molecule has 1 amide bonds. The Kier molecular flexibility index (Phi) is 5.24. The van der Waals surface area contributed by atoms with Gasteiger partial charge in [-0.15, -0.1) is 10.2 Å². The molecule has 0 spiro atoms. The van der Waals surface area contributed by atoms with E-state index >= 15 is 0 Å². The second-order valence-electron chi connectivity index (χ2n) is 5.09. The molecule has 106 valence electrons. The number of hydrogen-bond acceptors (Lipinski definition) is 6. The van der Waals surface area contributed by atoms with Crippen molar-refractivity contribution < 1.29 is 4.79 Å². The van der Waals surface area contributed by atoms with Gasteiger partial charge in [-0.3, -0.25) is 4.79 Å². The minimum absolute atomic E-state index is 0.0579. The Morgan fingerprint density at radius 1 is 1.53 bits per heavy atom. The van der Waals surface area contributed by atoms with Crippen LogP contribution in [-0.4, -0.2) is 54.7 Å². The number of nitrogens with one attached hydrogen (secondary N) is 2. The molecule has 1 aliphatic rings. The predicted octanol–water partition coefficient (Wildman–Crippen LogP) is 0.580. The van der Waals surface area contributed by atoms with Crippen LogP contribution in [0, 0.1) is 5.92 Å². The number of carbonyl (C=O) groups is 1. The van der Waals surface area contributed by atoms with Crippen molar-refractivity contribution in [2.45, 2.75) is 19.3 Å². The Hall–Kier alpha value is -1.05. The molecule has 7 heteroatoms. The van der Waals surface area contributed by atoms with Crippen molar-refractivity contribution in [1.29, 1.82) is 0 Å². The number of likely N-dealkylation sites (N-methyl/N-ethyl adjacent to an activating group) is 1. The smallest absolute Gasteiger partial charge is 0.230 e. The van der Waals surface area contributed by atoms with Gasteiger partial charge in [-0.05, 0) is 33.5 Å². The van der Waals surface area contributed by atoms with Crippen LogP contribution in [0.1, 0.15) is 17.8 Å². The monoisotopic (exact) mass is 283 g/mol. The molecule has 0 saturated carbocycles. The molecule has 6 nitrogen and oxygen atoms in total. The Balaban J connectivity index is 1.83. The Morgan fingerprint density at radius 2 is 2.37 bits per heavy atom. The maximum absolute atomic E-state index is 12.0. The number of amides is 1. The van der Waals surface area contributed by atoms with Gasteiger partial charge in [0.2, 0.25) is 11.0 Å². The fourth-order valence-electron chi connectivity index (χ4n) is 2.01. The van der Waals surface area contributed by atoms with E-state index in [2.05, 4.69) is 25.7 Å². The van der Waals surface area contributed by atoms with E-state index in [4.69, 9.17) is 0 Å². The van der Waals surface area contributed by atoms with Gasteiger partial charge < -0.3 is 15.5 Å². The van der Waals surface area contributed by atoms with Crippen molar-refractivity contribution in [3.05, 3.63) is 5.01 Å². The van der Waals surface area contributed by atoms with Crippen LogP contribution < -0.4 is 10.6 Å². The van der Waals surface area contributed by atoms with Crippen molar-refractivity contribution >= 4 is 22.4 Å². The lowest BCUT2D eigenvalue weighted by atomic mass is 9.99. The number of anilines is 1. The summed E-state index contributed by atoms with van der Waals surface area (Å²) in [6, 6.07) is 0. The summed E-state index contributed by atoms with van der Waals surface area (Å²) in [6.45, 7) is 2.71. The van der Waals surface area contributed by atoms with Crippen LogP contribution in [0.4, 0.5) is 5.13 Å². The maximum atomic E-state index is 12.0. The summed E-state index contributed by atoms with van der Waals surface area (Å²) in [5.41, 5.74) is 0. The number of hydrogen-bond donors (Lipinski definition) is 2. The van der Waals surface area contributed by atoms with E-state index in [1.54, 1.807) is 0 Å². The first-order valence-electron chi connectivity index (χ1n) is 6.64. The zero-order valence-corrected chi connectivity index (χ0v) is 12.3. The van der Waals surface area contributed by atoms with Crippen molar-refractivity contribution in [2.24, 2.45) is 5.92 Å². The first kappa shape index (κ1) is 14.4. The molecule has 1 aliphatic heterocycles. The third kappa shape index (κ3) is 4.52. The lowest BCUT2D eigenvalue weighted by Crippen LogP contribution is -2.37. The second kappa shape index (κ2) is 6.93. The maximum Gasteiger partial charge on any atom is 0.230 e.